The quantitative estimate of drug-likeness (QED) is 0.189. The minimum absolute atomic E-state index is 0.844. The van der Waals surface area contributed by atoms with Crippen LogP contribution in [0.3, 0.4) is 0 Å². The lowest BCUT2D eigenvalue weighted by atomic mass is 9.88. The summed E-state index contributed by atoms with van der Waals surface area (Å²) < 4.78 is 5.06. The first kappa shape index (κ1) is 25.3. The Morgan fingerprint density at radius 1 is 0.523 bits per heavy atom. The molecule has 9 rings (SSSR count). The number of para-hydroxylation sites is 2. The first-order valence-electron chi connectivity index (χ1n) is 15.2. The summed E-state index contributed by atoms with van der Waals surface area (Å²) in [5.74, 6) is 1.07. The topological polar surface area (TPSA) is 17.8 Å². The number of rotatable bonds is 4. The van der Waals surface area contributed by atoms with Crippen molar-refractivity contribution in [3.63, 3.8) is 0 Å². The third-order valence-electron chi connectivity index (χ3n) is 8.94. The van der Waals surface area contributed by atoms with E-state index in [0.29, 0.717) is 0 Å². The maximum Gasteiger partial charge on any atom is 0.114 e. The summed E-state index contributed by atoms with van der Waals surface area (Å²) in [4.78, 5) is 5.09. The van der Waals surface area contributed by atoms with Crippen LogP contribution in [-0.4, -0.2) is 9.55 Å². The molecule has 0 unspecified atom stereocenters. The number of benzene rings is 7. The van der Waals surface area contributed by atoms with Gasteiger partial charge < -0.3 is 0 Å². The Labute approximate surface area is 259 Å². The fourth-order valence-corrected chi connectivity index (χ4v) is 8.05. The second-order valence-corrected chi connectivity index (χ2v) is 12.5. The van der Waals surface area contributed by atoms with E-state index < -0.39 is 0 Å². The van der Waals surface area contributed by atoms with Crippen molar-refractivity contribution >= 4 is 64.1 Å². The summed E-state index contributed by atoms with van der Waals surface area (Å²) >= 11 is 1.87. The van der Waals surface area contributed by atoms with Crippen molar-refractivity contribution < 1.29 is 0 Å². The molecule has 7 aromatic carbocycles. The predicted octanol–water partition coefficient (Wildman–Crippen LogP) is 11.6. The van der Waals surface area contributed by atoms with E-state index in [9.17, 15) is 0 Å². The van der Waals surface area contributed by atoms with Gasteiger partial charge in [-0.15, -0.1) is 11.3 Å². The molecule has 0 N–H and O–H groups in total. The Morgan fingerprint density at radius 3 is 2.05 bits per heavy atom. The molecule has 2 heterocycles. The number of nitrogens with zero attached hydrogens (tertiary/aromatic N) is 2. The van der Waals surface area contributed by atoms with Crippen molar-refractivity contribution in [2.45, 2.75) is 13.3 Å². The van der Waals surface area contributed by atoms with Gasteiger partial charge in [0.15, 0.2) is 0 Å². The van der Waals surface area contributed by atoms with E-state index in [0.717, 1.165) is 23.3 Å². The van der Waals surface area contributed by atoms with Crippen LogP contribution in [0.25, 0.3) is 80.7 Å². The molecule has 0 fully saturated rings. The minimum Gasteiger partial charge on any atom is -0.295 e. The van der Waals surface area contributed by atoms with Crippen LogP contribution in [0.5, 0.6) is 0 Å². The molecule has 0 saturated heterocycles. The second-order valence-electron chi connectivity index (χ2n) is 11.4. The Kier molecular flexibility index (Phi) is 5.69. The van der Waals surface area contributed by atoms with Gasteiger partial charge in [-0.1, -0.05) is 110 Å². The summed E-state index contributed by atoms with van der Waals surface area (Å²) in [5, 5.41) is 7.60. The molecule has 0 spiro atoms. The summed E-state index contributed by atoms with van der Waals surface area (Å²) in [7, 11) is 0. The molecular weight excluding hydrogens is 553 g/mol. The van der Waals surface area contributed by atoms with Crippen molar-refractivity contribution in [1.29, 1.82) is 0 Å². The fraction of sp³-hybridized carbons (Fsp3) is 0.0488. The van der Waals surface area contributed by atoms with Crippen molar-refractivity contribution in [3.05, 3.63) is 145 Å². The lowest BCUT2D eigenvalue weighted by Crippen LogP contribution is -2.03. The Hall–Kier alpha value is -5.25. The molecule has 9 aromatic rings. The van der Waals surface area contributed by atoms with Gasteiger partial charge in [0.2, 0.25) is 0 Å². The van der Waals surface area contributed by atoms with Crippen molar-refractivity contribution in [2.75, 3.05) is 0 Å². The average Bonchev–Trinajstić information content (AvgIpc) is 3.65. The Morgan fingerprint density at radius 2 is 1.18 bits per heavy atom. The minimum atomic E-state index is 0.844. The van der Waals surface area contributed by atoms with Gasteiger partial charge in [-0.25, -0.2) is 4.98 Å². The second kappa shape index (κ2) is 9.90. The Balaban J connectivity index is 1.45. The van der Waals surface area contributed by atoms with Gasteiger partial charge in [-0.3, -0.25) is 4.57 Å². The number of hydrogen-bond donors (Lipinski definition) is 0. The largest absolute Gasteiger partial charge is 0.295 e. The van der Waals surface area contributed by atoms with Crippen LogP contribution in [-0.2, 0) is 6.42 Å². The van der Waals surface area contributed by atoms with Gasteiger partial charge in [0.25, 0.3) is 0 Å². The van der Waals surface area contributed by atoms with Crippen LogP contribution in [0, 0.1) is 0 Å². The standard InChI is InChI=1S/C41H28N2S/c1-2-39-42-35-17-9-10-18-36(35)43(39)41-31-16-7-6-15-30(31)40(34-24-27(20-22-32(34)41)26-12-4-3-5-13-26)28-21-23-38-33(25-28)29-14-8-11-19-37(29)44-38/h3-25H,2H2,1H3. The number of hydrogen-bond acceptors (Lipinski definition) is 2. The lowest BCUT2D eigenvalue weighted by Gasteiger charge is -2.20. The van der Waals surface area contributed by atoms with Gasteiger partial charge in [-0.2, -0.15) is 0 Å². The number of fused-ring (bicyclic) bond motifs is 6. The van der Waals surface area contributed by atoms with Gasteiger partial charge in [0, 0.05) is 37.4 Å². The van der Waals surface area contributed by atoms with Crippen molar-refractivity contribution in [1.82, 2.24) is 9.55 Å². The number of imidazole rings is 1. The summed E-state index contributed by atoms with van der Waals surface area (Å²) in [5.41, 5.74) is 8.32. The van der Waals surface area contributed by atoms with E-state index in [1.165, 1.54) is 69.7 Å². The normalized spacial score (nSPS) is 11.8. The van der Waals surface area contributed by atoms with Crippen LogP contribution in [0.15, 0.2) is 140 Å². The monoisotopic (exact) mass is 580 g/mol. The van der Waals surface area contributed by atoms with Gasteiger partial charge in [0.05, 0.1) is 16.7 Å². The molecule has 0 bridgehead atoms. The SMILES string of the molecule is CCc1nc2ccccc2n1-c1c2ccccc2c(-c2ccc3sc4ccccc4c3c2)c2cc(-c3ccccc3)ccc12. The zero-order valence-corrected chi connectivity index (χ0v) is 25.1. The highest BCUT2D eigenvalue weighted by Gasteiger charge is 2.21. The fourth-order valence-electron chi connectivity index (χ4n) is 6.96. The van der Waals surface area contributed by atoms with Gasteiger partial charge in [-0.05, 0) is 69.4 Å². The van der Waals surface area contributed by atoms with Crippen LogP contribution < -0.4 is 0 Å². The van der Waals surface area contributed by atoms with E-state index in [1.807, 2.05) is 11.3 Å². The maximum atomic E-state index is 5.09. The molecule has 208 valence electrons. The molecule has 2 nitrogen and oxygen atoms in total. The molecule has 0 aliphatic rings. The number of thiophene rings is 1. The van der Waals surface area contributed by atoms with Gasteiger partial charge in [0.1, 0.15) is 5.82 Å². The first-order chi connectivity index (χ1) is 21.8. The van der Waals surface area contributed by atoms with E-state index >= 15 is 0 Å². The zero-order chi connectivity index (χ0) is 29.2. The molecule has 0 amide bonds. The molecule has 0 atom stereocenters. The molecule has 2 aromatic heterocycles. The van der Waals surface area contributed by atoms with Gasteiger partial charge >= 0.3 is 0 Å². The molecule has 3 heteroatoms. The summed E-state index contributed by atoms with van der Waals surface area (Å²) in [6.45, 7) is 2.20. The van der Waals surface area contributed by atoms with Crippen LogP contribution in [0.4, 0.5) is 0 Å². The molecule has 0 aliphatic carbocycles. The summed E-state index contributed by atoms with van der Waals surface area (Å²) in [6.07, 6.45) is 0.844. The van der Waals surface area contributed by atoms with Crippen LogP contribution in [0.2, 0.25) is 0 Å². The highest BCUT2D eigenvalue weighted by atomic mass is 32.1. The van der Waals surface area contributed by atoms with E-state index in [4.69, 9.17) is 4.98 Å². The average molecular weight is 581 g/mol. The molecule has 0 aliphatic heterocycles. The molecular formula is C41H28N2S. The highest BCUT2D eigenvalue weighted by molar-refractivity contribution is 7.25. The van der Waals surface area contributed by atoms with E-state index in [2.05, 4.69) is 151 Å². The molecule has 0 radical (unpaired) electrons. The third kappa shape index (κ3) is 3.76. The molecule has 44 heavy (non-hydrogen) atoms. The molecule has 0 saturated carbocycles. The Bertz CT molecular complexity index is 2540. The third-order valence-corrected chi connectivity index (χ3v) is 10.1. The van der Waals surface area contributed by atoms with Crippen LogP contribution in [0.1, 0.15) is 12.7 Å². The number of aromatic nitrogens is 2. The van der Waals surface area contributed by atoms with Crippen LogP contribution >= 0.6 is 11.3 Å². The van der Waals surface area contributed by atoms with E-state index in [-0.39, 0.29) is 0 Å². The zero-order valence-electron chi connectivity index (χ0n) is 24.3. The highest BCUT2D eigenvalue weighted by Crippen LogP contribution is 2.45. The first-order valence-corrected chi connectivity index (χ1v) is 16.0. The van der Waals surface area contributed by atoms with E-state index in [1.54, 1.807) is 0 Å². The predicted molar refractivity (Wildman–Crippen MR) is 189 cm³/mol. The van der Waals surface area contributed by atoms with Crippen molar-refractivity contribution in [2.24, 2.45) is 0 Å². The lowest BCUT2D eigenvalue weighted by molar-refractivity contribution is 0.917. The maximum absolute atomic E-state index is 5.09. The number of aryl methyl sites for hydroxylation is 1. The van der Waals surface area contributed by atoms with Crippen molar-refractivity contribution in [3.8, 4) is 27.9 Å². The summed E-state index contributed by atoms with van der Waals surface area (Å²) in [6, 6.07) is 51.0. The smallest absolute Gasteiger partial charge is 0.114 e.